The second kappa shape index (κ2) is 5.12. The molecule has 0 aliphatic carbocycles. The average Bonchev–Trinajstić information content (AvgIpc) is 2.26. The fraction of sp³-hybridized carbons (Fsp3) is 0.462. The Kier molecular flexibility index (Phi) is 4.07. The number of aliphatic hydroxyl groups excluding tert-OH is 1. The third kappa shape index (κ3) is 2.42. The van der Waals surface area contributed by atoms with Gasteiger partial charge >= 0.3 is 0 Å². The lowest BCUT2D eigenvalue weighted by atomic mass is 9.99. The van der Waals surface area contributed by atoms with E-state index in [0.717, 1.165) is 16.9 Å². The lowest BCUT2D eigenvalue weighted by Gasteiger charge is -2.14. The zero-order valence-corrected chi connectivity index (χ0v) is 10.2. The molecule has 3 nitrogen and oxygen atoms in total. The lowest BCUT2D eigenvalue weighted by Crippen LogP contribution is -2.11. The molecule has 0 fully saturated rings. The van der Waals surface area contributed by atoms with E-state index in [-0.39, 0.29) is 5.78 Å². The molecule has 1 atom stereocenters. The van der Waals surface area contributed by atoms with E-state index >= 15 is 0 Å². The molecule has 0 aliphatic rings. The third-order valence-electron chi connectivity index (χ3n) is 2.66. The van der Waals surface area contributed by atoms with E-state index in [1.807, 2.05) is 13.8 Å². The highest BCUT2D eigenvalue weighted by Gasteiger charge is 2.17. The number of ether oxygens (including phenoxy) is 1. The molecule has 0 bridgehead atoms. The van der Waals surface area contributed by atoms with Crippen LogP contribution in [-0.4, -0.2) is 18.0 Å². The molecule has 0 aliphatic heterocycles. The van der Waals surface area contributed by atoms with E-state index in [1.165, 1.54) is 0 Å². The van der Waals surface area contributed by atoms with Gasteiger partial charge < -0.3 is 9.84 Å². The first-order valence-corrected chi connectivity index (χ1v) is 5.37. The number of aryl methyl sites for hydroxylation is 2. The maximum atomic E-state index is 11.4. The topological polar surface area (TPSA) is 46.5 Å². The van der Waals surface area contributed by atoms with Gasteiger partial charge in [0.15, 0.2) is 5.78 Å². The van der Waals surface area contributed by atoms with Crippen molar-refractivity contribution in [1.29, 1.82) is 0 Å². The number of Topliss-reactive ketones (excluding diaryl/α,β-unsaturated/α-hetero) is 1. The van der Waals surface area contributed by atoms with E-state index < -0.39 is 6.10 Å². The van der Waals surface area contributed by atoms with Crippen molar-refractivity contribution in [2.75, 3.05) is 7.11 Å². The van der Waals surface area contributed by atoms with Gasteiger partial charge in [-0.3, -0.25) is 4.79 Å². The number of benzene rings is 1. The molecular formula is C13H18O3. The van der Waals surface area contributed by atoms with Crippen LogP contribution >= 0.6 is 0 Å². The van der Waals surface area contributed by atoms with E-state index in [2.05, 4.69) is 0 Å². The number of hydrogen-bond donors (Lipinski definition) is 1. The van der Waals surface area contributed by atoms with Crippen molar-refractivity contribution in [1.82, 2.24) is 0 Å². The summed E-state index contributed by atoms with van der Waals surface area (Å²) in [6.07, 6.45) is -0.682. The number of hydrogen-bond acceptors (Lipinski definition) is 3. The largest absolute Gasteiger partial charge is 0.496 e. The zero-order chi connectivity index (χ0) is 12.3. The number of ketones is 1. The highest BCUT2D eigenvalue weighted by Crippen LogP contribution is 2.27. The van der Waals surface area contributed by atoms with Crippen LogP contribution in [0.15, 0.2) is 12.1 Å². The highest BCUT2D eigenvalue weighted by atomic mass is 16.5. The molecule has 0 spiro atoms. The van der Waals surface area contributed by atoms with E-state index in [0.29, 0.717) is 12.0 Å². The Labute approximate surface area is 96.1 Å². The van der Waals surface area contributed by atoms with Crippen molar-refractivity contribution in [2.24, 2.45) is 0 Å². The predicted molar refractivity (Wildman–Crippen MR) is 62.7 cm³/mol. The molecule has 1 aromatic rings. The van der Waals surface area contributed by atoms with E-state index in [9.17, 15) is 9.90 Å². The first-order chi connectivity index (χ1) is 7.51. The van der Waals surface area contributed by atoms with Crippen molar-refractivity contribution < 1.29 is 14.6 Å². The first kappa shape index (κ1) is 12.7. The minimum atomic E-state index is -1.02. The summed E-state index contributed by atoms with van der Waals surface area (Å²) in [6.45, 7) is 5.55. The van der Waals surface area contributed by atoms with Crippen molar-refractivity contribution in [3.8, 4) is 5.75 Å². The van der Waals surface area contributed by atoms with Crippen LogP contribution in [0.3, 0.4) is 0 Å². The average molecular weight is 222 g/mol. The summed E-state index contributed by atoms with van der Waals surface area (Å²) in [5.74, 6) is 0.642. The molecule has 1 unspecified atom stereocenters. The van der Waals surface area contributed by atoms with Gasteiger partial charge in [-0.25, -0.2) is 0 Å². The number of methoxy groups -OCH3 is 1. The van der Waals surface area contributed by atoms with Gasteiger partial charge in [0.1, 0.15) is 11.9 Å². The molecule has 0 aromatic heterocycles. The molecule has 0 saturated heterocycles. The van der Waals surface area contributed by atoms with Gasteiger partial charge in [0.25, 0.3) is 0 Å². The first-order valence-electron chi connectivity index (χ1n) is 5.37. The van der Waals surface area contributed by atoms with Gasteiger partial charge in [0.05, 0.1) is 7.11 Å². The Morgan fingerprint density at radius 3 is 2.25 bits per heavy atom. The molecule has 88 valence electrons. The molecule has 3 heteroatoms. The SMILES string of the molecule is CCC(=O)C(O)c1cc(C)c(OC)c(C)c1. The summed E-state index contributed by atoms with van der Waals surface area (Å²) in [5.41, 5.74) is 2.50. The summed E-state index contributed by atoms with van der Waals surface area (Å²) >= 11 is 0. The van der Waals surface area contributed by atoms with Crippen LogP contribution < -0.4 is 4.74 Å². The van der Waals surface area contributed by atoms with Crippen molar-refractivity contribution in [3.05, 3.63) is 28.8 Å². The van der Waals surface area contributed by atoms with Crippen LogP contribution in [-0.2, 0) is 4.79 Å². The molecule has 16 heavy (non-hydrogen) atoms. The summed E-state index contributed by atoms with van der Waals surface area (Å²) in [5, 5.41) is 9.81. The molecular weight excluding hydrogens is 204 g/mol. The Balaban J connectivity index is 3.13. The van der Waals surface area contributed by atoms with Crippen LogP contribution in [0.5, 0.6) is 5.75 Å². The predicted octanol–water partition coefficient (Wildman–Crippen LogP) is 2.32. The van der Waals surface area contributed by atoms with Gasteiger partial charge in [0, 0.05) is 6.42 Å². The fourth-order valence-electron chi connectivity index (χ4n) is 1.84. The van der Waals surface area contributed by atoms with Crippen molar-refractivity contribution in [2.45, 2.75) is 33.3 Å². The smallest absolute Gasteiger partial charge is 0.165 e. The fourth-order valence-corrected chi connectivity index (χ4v) is 1.84. The van der Waals surface area contributed by atoms with Crippen LogP contribution in [0.4, 0.5) is 0 Å². The quantitative estimate of drug-likeness (QED) is 0.850. The number of carbonyl (C=O) groups excluding carboxylic acids is 1. The van der Waals surface area contributed by atoms with E-state index in [4.69, 9.17) is 4.74 Å². The number of aliphatic hydroxyl groups is 1. The molecule has 1 aromatic carbocycles. The third-order valence-corrected chi connectivity index (χ3v) is 2.66. The zero-order valence-electron chi connectivity index (χ0n) is 10.2. The Bertz CT molecular complexity index is 373. The normalized spacial score (nSPS) is 12.3. The molecule has 1 N–H and O–H groups in total. The summed E-state index contributed by atoms with van der Waals surface area (Å²) < 4.78 is 5.23. The minimum Gasteiger partial charge on any atom is -0.496 e. The van der Waals surface area contributed by atoms with E-state index in [1.54, 1.807) is 26.2 Å². The highest BCUT2D eigenvalue weighted by molar-refractivity contribution is 5.84. The monoisotopic (exact) mass is 222 g/mol. The summed E-state index contributed by atoms with van der Waals surface area (Å²) in [4.78, 5) is 11.4. The number of carbonyl (C=O) groups is 1. The van der Waals surface area contributed by atoms with Crippen molar-refractivity contribution >= 4 is 5.78 Å². The molecule has 0 saturated carbocycles. The standard InChI is InChI=1S/C13H18O3/c1-5-11(14)12(15)10-6-8(2)13(16-4)9(3)7-10/h6-7,12,15H,5H2,1-4H3. The summed E-state index contributed by atoms with van der Waals surface area (Å²) in [6, 6.07) is 3.59. The van der Waals surface area contributed by atoms with Crippen LogP contribution in [0, 0.1) is 13.8 Å². The maximum absolute atomic E-state index is 11.4. The molecule has 0 radical (unpaired) electrons. The van der Waals surface area contributed by atoms with Gasteiger partial charge in [-0.05, 0) is 42.7 Å². The van der Waals surface area contributed by atoms with Crippen LogP contribution in [0.1, 0.15) is 36.1 Å². The van der Waals surface area contributed by atoms with Gasteiger partial charge in [-0.1, -0.05) is 6.92 Å². The molecule has 1 rings (SSSR count). The Morgan fingerprint density at radius 2 is 1.88 bits per heavy atom. The second-order valence-corrected chi connectivity index (χ2v) is 3.91. The Morgan fingerprint density at radius 1 is 1.38 bits per heavy atom. The van der Waals surface area contributed by atoms with Crippen molar-refractivity contribution in [3.63, 3.8) is 0 Å². The summed E-state index contributed by atoms with van der Waals surface area (Å²) in [7, 11) is 1.61. The van der Waals surface area contributed by atoms with Gasteiger partial charge in [0.2, 0.25) is 0 Å². The van der Waals surface area contributed by atoms with Gasteiger partial charge in [-0.2, -0.15) is 0 Å². The molecule has 0 heterocycles. The van der Waals surface area contributed by atoms with Gasteiger partial charge in [-0.15, -0.1) is 0 Å². The molecule has 0 amide bonds. The Hall–Kier alpha value is -1.35. The van der Waals surface area contributed by atoms with Crippen LogP contribution in [0.25, 0.3) is 0 Å². The van der Waals surface area contributed by atoms with Crippen LogP contribution in [0.2, 0.25) is 0 Å². The lowest BCUT2D eigenvalue weighted by molar-refractivity contribution is -0.127. The number of rotatable bonds is 4. The second-order valence-electron chi connectivity index (χ2n) is 3.91. The maximum Gasteiger partial charge on any atom is 0.165 e. The minimum absolute atomic E-state index is 0.163.